The van der Waals surface area contributed by atoms with Crippen LogP contribution in [0, 0.1) is 12.8 Å². The molecule has 2 unspecified atom stereocenters. The molecule has 0 radical (unpaired) electrons. The number of hydrogen-bond donors (Lipinski definition) is 1. The smallest absolute Gasteiger partial charge is 0.0383 e. The molecule has 4 rings (SSSR count). The minimum atomic E-state index is 0.00916. The summed E-state index contributed by atoms with van der Waals surface area (Å²) in [6, 6.07) is 25.7. The van der Waals surface area contributed by atoms with Crippen molar-refractivity contribution in [3.05, 3.63) is 125 Å². The van der Waals surface area contributed by atoms with E-state index in [0.717, 1.165) is 32.1 Å². The molecule has 38 heavy (non-hydrogen) atoms. The monoisotopic (exact) mass is 529 g/mol. The van der Waals surface area contributed by atoms with Gasteiger partial charge in [0.1, 0.15) is 0 Å². The van der Waals surface area contributed by atoms with Crippen molar-refractivity contribution >= 4 is 17.2 Å². The second-order valence-electron chi connectivity index (χ2n) is 10.1. The summed E-state index contributed by atoms with van der Waals surface area (Å²) in [5, 5.41) is 0.00916. The van der Waals surface area contributed by atoms with Gasteiger partial charge in [0, 0.05) is 17.0 Å². The predicted molar refractivity (Wildman–Crippen MR) is 170 cm³/mol. The number of benzene rings is 3. The van der Waals surface area contributed by atoms with Gasteiger partial charge in [-0.3, -0.25) is 0 Å². The summed E-state index contributed by atoms with van der Waals surface area (Å²) in [6.07, 6.45) is 8.59. The van der Waals surface area contributed by atoms with Crippen LogP contribution in [0.3, 0.4) is 0 Å². The van der Waals surface area contributed by atoms with Gasteiger partial charge in [0.25, 0.3) is 0 Å². The quantitative estimate of drug-likeness (QED) is 0.260. The Morgan fingerprint density at radius 2 is 1.50 bits per heavy atom. The number of fused-ring (bicyclic) bond motifs is 1. The molecule has 0 amide bonds. The number of aryl methyl sites for hydroxylation is 3. The first-order chi connectivity index (χ1) is 18.4. The topological polar surface area (TPSA) is 26.0 Å². The van der Waals surface area contributed by atoms with Crippen LogP contribution in [0.5, 0.6) is 0 Å². The third-order valence-electron chi connectivity index (χ3n) is 7.04. The summed E-state index contributed by atoms with van der Waals surface area (Å²) in [6.45, 7) is 16.6. The predicted octanol–water partition coefficient (Wildman–Crippen LogP) is 9.88. The van der Waals surface area contributed by atoms with Gasteiger partial charge in [-0.15, -0.1) is 11.6 Å². The maximum absolute atomic E-state index is 6.79. The standard InChI is InChI=1S/C25H32ClN.C9H10.C2H6/c1-5-9-19(3)25-14-18(2)12-13-22(25)16-24(26)17-23(20(4)27)15-21-10-7-6-8-11-21;1-2-5-9-7-3-6-8(9)4-1;1-2/h6-8,10-14,23-24H,3-5,9,15-17,27H2,1-2H3;1-2,4-5H,3,6-7H2;1-2H3. The van der Waals surface area contributed by atoms with Crippen molar-refractivity contribution in [3.63, 3.8) is 0 Å². The molecular formula is C36H48ClN. The minimum Gasteiger partial charge on any atom is -0.402 e. The Bertz CT molecular complexity index is 1110. The highest BCUT2D eigenvalue weighted by molar-refractivity contribution is 6.20. The molecule has 0 spiro atoms. The van der Waals surface area contributed by atoms with Crippen LogP contribution in [0.15, 0.2) is 91.7 Å². The Balaban J connectivity index is 0.000000379. The Morgan fingerprint density at radius 1 is 0.895 bits per heavy atom. The van der Waals surface area contributed by atoms with Crippen LogP contribution >= 0.6 is 11.6 Å². The molecule has 2 heteroatoms. The highest BCUT2D eigenvalue weighted by Crippen LogP contribution is 2.28. The number of halogens is 1. The van der Waals surface area contributed by atoms with Crippen molar-refractivity contribution in [2.75, 3.05) is 0 Å². The molecule has 1 aliphatic carbocycles. The van der Waals surface area contributed by atoms with Crippen LogP contribution in [-0.4, -0.2) is 5.38 Å². The third kappa shape index (κ3) is 10.2. The zero-order chi connectivity index (χ0) is 27.9. The van der Waals surface area contributed by atoms with Crippen molar-refractivity contribution in [2.45, 2.75) is 84.4 Å². The number of hydrogen-bond acceptors (Lipinski definition) is 1. The lowest BCUT2D eigenvalue weighted by Gasteiger charge is -2.21. The molecule has 0 fully saturated rings. The fourth-order valence-electron chi connectivity index (χ4n) is 5.04. The molecule has 0 saturated carbocycles. The van der Waals surface area contributed by atoms with E-state index in [9.17, 15) is 0 Å². The van der Waals surface area contributed by atoms with Crippen molar-refractivity contribution in [3.8, 4) is 0 Å². The number of allylic oxidation sites excluding steroid dienone is 2. The van der Waals surface area contributed by atoms with Crippen LogP contribution < -0.4 is 5.73 Å². The zero-order valence-electron chi connectivity index (χ0n) is 24.1. The van der Waals surface area contributed by atoms with E-state index in [1.54, 1.807) is 11.1 Å². The molecule has 2 N–H and O–H groups in total. The van der Waals surface area contributed by atoms with E-state index in [0.29, 0.717) is 5.70 Å². The molecule has 2 atom stereocenters. The molecule has 0 aromatic heterocycles. The van der Waals surface area contributed by atoms with E-state index < -0.39 is 0 Å². The summed E-state index contributed by atoms with van der Waals surface area (Å²) in [5.41, 5.74) is 16.2. The van der Waals surface area contributed by atoms with E-state index in [-0.39, 0.29) is 11.3 Å². The molecule has 0 saturated heterocycles. The first kappa shape index (κ1) is 31.4. The van der Waals surface area contributed by atoms with E-state index in [2.05, 4.69) is 93.7 Å². The minimum absolute atomic E-state index is 0.00916. The normalized spacial score (nSPS) is 13.2. The van der Waals surface area contributed by atoms with Gasteiger partial charge < -0.3 is 5.73 Å². The molecule has 1 aliphatic rings. The van der Waals surface area contributed by atoms with Gasteiger partial charge in [-0.25, -0.2) is 0 Å². The van der Waals surface area contributed by atoms with Crippen LogP contribution in [-0.2, 0) is 25.7 Å². The second-order valence-corrected chi connectivity index (χ2v) is 10.8. The molecule has 0 bridgehead atoms. The maximum Gasteiger partial charge on any atom is 0.0383 e. The maximum atomic E-state index is 6.79. The molecular weight excluding hydrogens is 482 g/mol. The molecule has 0 aliphatic heterocycles. The van der Waals surface area contributed by atoms with Crippen LogP contribution in [0.4, 0.5) is 0 Å². The second kappa shape index (κ2) is 16.9. The average molecular weight is 530 g/mol. The molecule has 0 heterocycles. The van der Waals surface area contributed by atoms with Gasteiger partial charge >= 0.3 is 0 Å². The van der Waals surface area contributed by atoms with Gasteiger partial charge in [-0.1, -0.05) is 119 Å². The Hall–Kier alpha value is -2.77. The van der Waals surface area contributed by atoms with Crippen LogP contribution in [0.25, 0.3) is 5.57 Å². The average Bonchev–Trinajstić information content (AvgIpc) is 3.40. The van der Waals surface area contributed by atoms with Gasteiger partial charge in [-0.05, 0) is 85.3 Å². The summed E-state index contributed by atoms with van der Waals surface area (Å²) < 4.78 is 0. The third-order valence-corrected chi connectivity index (χ3v) is 7.37. The summed E-state index contributed by atoms with van der Waals surface area (Å²) in [5.74, 6) is 0.183. The molecule has 1 nitrogen and oxygen atoms in total. The van der Waals surface area contributed by atoms with Crippen molar-refractivity contribution in [1.29, 1.82) is 0 Å². The van der Waals surface area contributed by atoms with E-state index >= 15 is 0 Å². The van der Waals surface area contributed by atoms with Gasteiger partial charge in [-0.2, -0.15) is 0 Å². The number of alkyl halides is 1. The molecule has 3 aromatic carbocycles. The van der Waals surface area contributed by atoms with Crippen molar-refractivity contribution < 1.29 is 0 Å². The lowest BCUT2D eigenvalue weighted by Crippen LogP contribution is -2.19. The first-order valence-corrected chi connectivity index (χ1v) is 14.8. The Labute approximate surface area is 237 Å². The SMILES string of the molecule is C=C(CCC)c1cc(C)ccc1CC(Cl)CC(Cc1ccccc1)C(=C)N.CC.c1ccc2c(c1)CCC2. The van der Waals surface area contributed by atoms with Crippen LogP contribution in [0.2, 0.25) is 0 Å². The van der Waals surface area contributed by atoms with E-state index in [4.69, 9.17) is 17.3 Å². The fourth-order valence-corrected chi connectivity index (χ4v) is 5.42. The summed E-state index contributed by atoms with van der Waals surface area (Å²) in [7, 11) is 0. The molecule has 3 aromatic rings. The van der Waals surface area contributed by atoms with Crippen molar-refractivity contribution in [2.24, 2.45) is 11.7 Å². The van der Waals surface area contributed by atoms with Crippen molar-refractivity contribution in [1.82, 2.24) is 0 Å². The number of nitrogens with two attached hydrogens (primary N) is 1. The Kier molecular flexibility index (Phi) is 14.0. The largest absolute Gasteiger partial charge is 0.402 e. The summed E-state index contributed by atoms with van der Waals surface area (Å²) in [4.78, 5) is 0. The van der Waals surface area contributed by atoms with Gasteiger partial charge in [0.2, 0.25) is 0 Å². The lowest BCUT2D eigenvalue weighted by molar-refractivity contribution is 0.533. The van der Waals surface area contributed by atoms with E-state index in [1.165, 1.54) is 47.1 Å². The Morgan fingerprint density at radius 3 is 2.08 bits per heavy atom. The number of rotatable bonds is 10. The lowest BCUT2D eigenvalue weighted by atomic mass is 9.88. The van der Waals surface area contributed by atoms with Gasteiger partial charge in [0.15, 0.2) is 0 Å². The fraction of sp³-hybridized carbons (Fsp3) is 0.389. The first-order valence-electron chi connectivity index (χ1n) is 14.3. The van der Waals surface area contributed by atoms with Gasteiger partial charge in [0.05, 0.1) is 0 Å². The highest BCUT2D eigenvalue weighted by Gasteiger charge is 2.19. The summed E-state index contributed by atoms with van der Waals surface area (Å²) >= 11 is 6.79. The molecule has 204 valence electrons. The highest BCUT2D eigenvalue weighted by atomic mass is 35.5. The van der Waals surface area contributed by atoms with E-state index in [1.807, 2.05) is 19.9 Å². The van der Waals surface area contributed by atoms with Crippen LogP contribution in [0.1, 0.15) is 79.8 Å². The zero-order valence-corrected chi connectivity index (χ0v) is 24.9.